The molecular formula is C29H33ClN4O4S. The Labute approximate surface area is 238 Å². The number of carbonyl (C=O) groups is 1. The number of aromatic nitrogens is 2. The quantitative estimate of drug-likeness (QED) is 0.267. The first kappa shape index (κ1) is 27.4. The lowest BCUT2D eigenvalue weighted by molar-refractivity contribution is 0.0946. The van der Waals surface area contributed by atoms with Gasteiger partial charge >= 0.3 is 0 Å². The third-order valence-corrected chi connectivity index (χ3v) is 7.68. The second kappa shape index (κ2) is 13.3. The van der Waals surface area contributed by atoms with Gasteiger partial charge in [0, 0.05) is 42.7 Å². The fourth-order valence-corrected chi connectivity index (χ4v) is 5.03. The summed E-state index contributed by atoms with van der Waals surface area (Å²) < 4.78 is 17.4. The lowest BCUT2D eigenvalue weighted by atomic mass is 10.2. The molecule has 1 N–H and O–H groups in total. The highest BCUT2D eigenvalue weighted by molar-refractivity contribution is 7.14. The Hall–Kier alpha value is -3.14. The van der Waals surface area contributed by atoms with Crippen molar-refractivity contribution in [1.82, 2.24) is 20.2 Å². The molecule has 1 aliphatic heterocycles. The molecule has 1 aliphatic carbocycles. The summed E-state index contributed by atoms with van der Waals surface area (Å²) in [5.74, 6) is 2.22. The van der Waals surface area contributed by atoms with Crippen molar-refractivity contribution < 1.29 is 19.0 Å². The minimum absolute atomic E-state index is 0.188. The van der Waals surface area contributed by atoms with Crippen LogP contribution in [0, 0.1) is 5.92 Å². The number of halogens is 1. The molecule has 0 radical (unpaired) electrons. The van der Waals surface area contributed by atoms with Crippen LogP contribution in [0.4, 0.5) is 0 Å². The first-order valence-corrected chi connectivity index (χ1v) is 14.6. The number of carbonyl (C=O) groups excluding carboxylic acids is 1. The predicted molar refractivity (Wildman–Crippen MR) is 153 cm³/mol. The van der Waals surface area contributed by atoms with Crippen molar-refractivity contribution in [1.29, 1.82) is 0 Å². The number of amides is 1. The van der Waals surface area contributed by atoms with Gasteiger partial charge in [0.15, 0.2) is 0 Å². The number of nitrogens with zero attached hydrogens (tertiary/aromatic N) is 3. The van der Waals surface area contributed by atoms with Crippen LogP contribution in [-0.2, 0) is 0 Å². The highest BCUT2D eigenvalue weighted by Crippen LogP contribution is 2.35. The average molecular weight is 569 g/mol. The molecule has 2 aliphatic rings. The van der Waals surface area contributed by atoms with E-state index in [0.29, 0.717) is 39.9 Å². The lowest BCUT2D eigenvalue weighted by Gasteiger charge is -2.15. The summed E-state index contributed by atoms with van der Waals surface area (Å²) >= 11 is 7.77. The topological polar surface area (TPSA) is 85.8 Å². The van der Waals surface area contributed by atoms with E-state index in [1.165, 1.54) is 37.0 Å². The van der Waals surface area contributed by atoms with Crippen LogP contribution in [0.15, 0.2) is 48.8 Å². The number of likely N-dealkylation sites (tertiary alicyclic amines) is 1. The van der Waals surface area contributed by atoms with Crippen LogP contribution in [0.25, 0.3) is 6.08 Å². The van der Waals surface area contributed by atoms with Gasteiger partial charge in [0.05, 0.1) is 16.5 Å². The normalized spacial score (nSPS) is 16.4. The molecule has 3 heterocycles. The zero-order valence-corrected chi connectivity index (χ0v) is 23.5. The summed E-state index contributed by atoms with van der Waals surface area (Å²) in [6, 6.07) is 8.58. The Kier molecular flexibility index (Phi) is 9.34. The van der Waals surface area contributed by atoms with Crippen LogP contribution >= 0.6 is 22.9 Å². The number of hydrogen-bond donors (Lipinski definition) is 1. The molecule has 206 valence electrons. The van der Waals surface area contributed by atoms with E-state index in [0.717, 1.165) is 36.9 Å². The Balaban J connectivity index is 1.08. The number of hydrogen-bond acceptors (Lipinski definition) is 8. The molecule has 1 amide bonds. The van der Waals surface area contributed by atoms with E-state index in [4.69, 9.17) is 25.8 Å². The molecule has 0 spiro atoms. The van der Waals surface area contributed by atoms with Gasteiger partial charge in [-0.1, -0.05) is 29.0 Å². The minimum atomic E-state index is -0.200. The molecule has 10 heteroatoms. The Bertz CT molecular complexity index is 1290. The molecular weight excluding hydrogens is 536 g/mol. The zero-order valence-electron chi connectivity index (χ0n) is 22.0. The van der Waals surface area contributed by atoms with E-state index in [1.807, 2.05) is 25.1 Å². The fourth-order valence-electron chi connectivity index (χ4n) is 4.13. The predicted octanol–water partition coefficient (Wildman–Crippen LogP) is 6.08. The molecule has 1 saturated heterocycles. The van der Waals surface area contributed by atoms with Gasteiger partial charge in [-0.15, -0.1) is 0 Å². The highest BCUT2D eigenvalue weighted by Gasteiger charge is 2.22. The van der Waals surface area contributed by atoms with Gasteiger partial charge in [-0.2, -0.15) is 0 Å². The van der Waals surface area contributed by atoms with Crippen molar-refractivity contribution in [2.75, 3.05) is 32.8 Å². The molecule has 2 fully saturated rings. The Morgan fingerprint density at radius 3 is 2.85 bits per heavy atom. The molecule has 0 bridgehead atoms. The maximum absolute atomic E-state index is 12.8. The first-order chi connectivity index (χ1) is 19.0. The van der Waals surface area contributed by atoms with Crippen LogP contribution in [-0.4, -0.2) is 59.7 Å². The van der Waals surface area contributed by atoms with Gasteiger partial charge in [0.1, 0.15) is 18.1 Å². The van der Waals surface area contributed by atoms with Crippen molar-refractivity contribution in [2.45, 2.75) is 38.6 Å². The molecule has 1 atom stereocenters. The van der Waals surface area contributed by atoms with Crippen LogP contribution in [0.5, 0.6) is 22.6 Å². The van der Waals surface area contributed by atoms with Crippen LogP contribution in [0.2, 0.25) is 5.02 Å². The number of benzene rings is 1. The SMILES string of the molecule is C[C@@H](C=Cc1cnc(Oc2ccc(OCC3CC3)cc2Cl)s1)NC(=O)c1ccnc(OCCN2CCCC2)c1. The number of thiazole rings is 1. The summed E-state index contributed by atoms with van der Waals surface area (Å²) in [6.45, 7) is 6.32. The monoisotopic (exact) mass is 568 g/mol. The first-order valence-electron chi connectivity index (χ1n) is 13.4. The zero-order chi connectivity index (χ0) is 27.0. The van der Waals surface area contributed by atoms with Gasteiger partial charge in [-0.05, 0) is 75.9 Å². The third-order valence-electron chi connectivity index (χ3n) is 6.55. The summed E-state index contributed by atoms with van der Waals surface area (Å²) in [5, 5.41) is 3.94. The molecule has 2 aromatic heterocycles. The lowest BCUT2D eigenvalue weighted by Crippen LogP contribution is -2.31. The average Bonchev–Trinajstić information content (AvgIpc) is 3.41. The van der Waals surface area contributed by atoms with Gasteiger partial charge < -0.3 is 19.5 Å². The largest absolute Gasteiger partial charge is 0.493 e. The Morgan fingerprint density at radius 1 is 1.21 bits per heavy atom. The number of nitrogens with one attached hydrogen (secondary N) is 1. The van der Waals surface area contributed by atoms with Crippen LogP contribution < -0.4 is 19.5 Å². The van der Waals surface area contributed by atoms with Gasteiger partial charge in [0.2, 0.25) is 5.88 Å². The molecule has 1 saturated carbocycles. The van der Waals surface area contributed by atoms with E-state index in [9.17, 15) is 4.79 Å². The van der Waals surface area contributed by atoms with Gasteiger partial charge in [0.25, 0.3) is 11.1 Å². The molecule has 5 rings (SSSR count). The standard InChI is InChI=1S/C29H33ClN4O4S/c1-20(33-28(35)22-10-11-31-27(16-22)36-15-14-34-12-2-3-13-34)4-8-24-18-32-29(39-24)38-26-9-7-23(17-25(26)30)37-19-21-5-6-21/h4,7-11,16-18,20-21H,2-3,5-6,12-15,19H2,1H3,(H,33,35)/t20-/m0/s1. The van der Waals surface area contributed by atoms with Crippen molar-refractivity contribution >= 4 is 34.9 Å². The summed E-state index contributed by atoms with van der Waals surface area (Å²) in [7, 11) is 0. The van der Waals surface area contributed by atoms with Crippen LogP contribution in [0.1, 0.15) is 47.8 Å². The van der Waals surface area contributed by atoms with E-state index in [2.05, 4.69) is 20.2 Å². The maximum atomic E-state index is 12.8. The van der Waals surface area contributed by atoms with Gasteiger partial charge in [-0.3, -0.25) is 9.69 Å². The van der Waals surface area contributed by atoms with E-state index >= 15 is 0 Å². The van der Waals surface area contributed by atoms with Crippen molar-refractivity contribution in [3.05, 3.63) is 64.3 Å². The summed E-state index contributed by atoms with van der Waals surface area (Å²) in [4.78, 5) is 24.6. The minimum Gasteiger partial charge on any atom is -0.493 e. The van der Waals surface area contributed by atoms with E-state index in [-0.39, 0.29) is 11.9 Å². The highest BCUT2D eigenvalue weighted by atomic mass is 35.5. The molecule has 0 unspecified atom stereocenters. The second-order valence-electron chi connectivity index (χ2n) is 9.88. The maximum Gasteiger partial charge on any atom is 0.279 e. The molecule has 1 aromatic carbocycles. The smallest absolute Gasteiger partial charge is 0.279 e. The van der Waals surface area contributed by atoms with Gasteiger partial charge in [-0.25, -0.2) is 9.97 Å². The van der Waals surface area contributed by atoms with Crippen LogP contribution in [0.3, 0.4) is 0 Å². The number of ether oxygens (including phenoxy) is 3. The second-order valence-corrected chi connectivity index (χ2v) is 11.3. The summed E-state index contributed by atoms with van der Waals surface area (Å²) in [6.07, 6.45) is 12.1. The van der Waals surface area contributed by atoms with Crippen molar-refractivity contribution in [3.8, 4) is 22.6 Å². The third kappa shape index (κ3) is 8.42. The van der Waals surface area contributed by atoms with Crippen molar-refractivity contribution in [3.63, 3.8) is 0 Å². The molecule has 3 aromatic rings. The van der Waals surface area contributed by atoms with E-state index < -0.39 is 0 Å². The van der Waals surface area contributed by atoms with Crippen molar-refractivity contribution in [2.24, 2.45) is 5.92 Å². The number of pyridine rings is 1. The summed E-state index contributed by atoms with van der Waals surface area (Å²) in [5.41, 5.74) is 0.510. The molecule has 39 heavy (non-hydrogen) atoms. The number of rotatable bonds is 13. The van der Waals surface area contributed by atoms with E-state index in [1.54, 1.807) is 36.7 Å². The Morgan fingerprint density at radius 2 is 2.05 bits per heavy atom. The molecule has 8 nitrogen and oxygen atoms in total. The fraction of sp³-hybridized carbons (Fsp3) is 0.414.